The van der Waals surface area contributed by atoms with Crippen molar-refractivity contribution in [2.24, 2.45) is 0 Å². The van der Waals surface area contributed by atoms with E-state index in [1.807, 2.05) is 25.1 Å². The molecule has 0 bridgehead atoms. The van der Waals surface area contributed by atoms with E-state index in [4.69, 9.17) is 4.74 Å². The second kappa shape index (κ2) is 9.35. The van der Waals surface area contributed by atoms with Crippen molar-refractivity contribution in [3.63, 3.8) is 0 Å². The lowest BCUT2D eigenvalue weighted by atomic mass is 10.2. The van der Waals surface area contributed by atoms with Crippen molar-refractivity contribution < 1.29 is 14.3 Å². The molecule has 7 heteroatoms. The zero-order valence-electron chi connectivity index (χ0n) is 15.0. The summed E-state index contributed by atoms with van der Waals surface area (Å²) in [7, 11) is 3.31. The van der Waals surface area contributed by atoms with E-state index in [-0.39, 0.29) is 24.9 Å². The van der Waals surface area contributed by atoms with Gasteiger partial charge in [0.15, 0.2) is 0 Å². The lowest BCUT2D eigenvalue weighted by Gasteiger charge is -2.16. The molecule has 0 radical (unpaired) electrons. The third-order valence-corrected chi connectivity index (χ3v) is 4.26. The molecule has 0 saturated heterocycles. The van der Waals surface area contributed by atoms with Crippen LogP contribution in [-0.2, 0) is 9.59 Å². The van der Waals surface area contributed by atoms with Gasteiger partial charge in [0.2, 0.25) is 11.8 Å². The average molecular weight is 420 g/mol. The van der Waals surface area contributed by atoms with Crippen LogP contribution in [0.1, 0.15) is 5.56 Å². The number of halogens is 1. The summed E-state index contributed by atoms with van der Waals surface area (Å²) in [6, 6.07) is 12.8. The molecule has 2 rings (SSSR count). The van der Waals surface area contributed by atoms with Gasteiger partial charge in [-0.25, -0.2) is 0 Å². The van der Waals surface area contributed by atoms with Crippen LogP contribution in [0.5, 0.6) is 5.75 Å². The number of anilines is 2. The van der Waals surface area contributed by atoms with Crippen molar-refractivity contribution in [3.8, 4) is 5.75 Å². The van der Waals surface area contributed by atoms with E-state index in [1.54, 1.807) is 43.3 Å². The molecule has 2 amide bonds. The number of benzene rings is 2. The molecule has 0 spiro atoms. The highest BCUT2D eigenvalue weighted by Gasteiger charge is 2.12. The Hall–Kier alpha value is -2.38. The van der Waals surface area contributed by atoms with Crippen molar-refractivity contribution in [1.29, 1.82) is 0 Å². The number of nitrogens with zero attached hydrogens (tertiary/aromatic N) is 1. The van der Waals surface area contributed by atoms with Crippen LogP contribution in [0.4, 0.5) is 11.4 Å². The molecule has 0 aliphatic rings. The topological polar surface area (TPSA) is 70.7 Å². The third kappa shape index (κ3) is 6.16. The number of methoxy groups -OCH3 is 1. The summed E-state index contributed by atoms with van der Waals surface area (Å²) < 4.78 is 5.90. The minimum Gasteiger partial charge on any atom is -0.497 e. The van der Waals surface area contributed by atoms with Crippen LogP contribution >= 0.6 is 15.9 Å². The van der Waals surface area contributed by atoms with Crippen molar-refractivity contribution in [3.05, 3.63) is 52.5 Å². The first kappa shape index (κ1) is 19.9. The molecule has 0 fully saturated rings. The first-order valence-corrected chi connectivity index (χ1v) is 8.85. The molecule has 0 unspecified atom stereocenters. The number of rotatable bonds is 7. The van der Waals surface area contributed by atoms with Crippen molar-refractivity contribution >= 4 is 39.1 Å². The van der Waals surface area contributed by atoms with E-state index in [1.165, 1.54) is 0 Å². The lowest BCUT2D eigenvalue weighted by Crippen LogP contribution is -2.36. The van der Waals surface area contributed by atoms with Gasteiger partial charge in [-0.1, -0.05) is 6.07 Å². The molecular formula is C19H22BrN3O3. The predicted molar refractivity (Wildman–Crippen MR) is 107 cm³/mol. The molecule has 0 saturated carbocycles. The molecule has 0 aliphatic heterocycles. The Balaban J connectivity index is 1.81. The van der Waals surface area contributed by atoms with E-state index < -0.39 is 0 Å². The lowest BCUT2D eigenvalue weighted by molar-refractivity contribution is -0.119. The van der Waals surface area contributed by atoms with Crippen molar-refractivity contribution in [1.82, 2.24) is 4.90 Å². The Labute approximate surface area is 161 Å². The fraction of sp³-hybridized carbons (Fsp3) is 0.263. The van der Waals surface area contributed by atoms with Crippen LogP contribution < -0.4 is 15.4 Å². The van der Waals surface area contributed by atoms with Crippen LogP contribution in [0.15, 0.2) is 46.9 Å². The zero-order chi connectivity index (χ0) is 19.1. The Bertz CT molecular complexity index is 778. The number of carbonyl (C=O) groups excluding carboxylic acids is 2. The van der Waals surface area contributed by atoms with Gasteiger partial charge in [-0.2, -0.15) is 0 Å². The Morgan fingerprint density at radius 3 is 2.23 bits per heavy atom. The minimum atomic E-state index is -0.193. The first-order valence-electron chi connectivity index (χ1n) is 8.06. The Morgan fingerprint density at radius 1 is 1.04 bits per heavy atom. The van der Waals surface area contributed by atoms with Gasteiger partial charge in [0.25, 0.3) is 0 Å². The molecule has 2 N–H and O–H groups in total. The van der Waals surface area contributed by atoms with E-state index in [0.717, 1.165) is 15.8 Å². The van der Waals surface area contributed by atoms with Gasteiger partial charge in [0.05, 0.1) is 25.9 Å². The highest BCUT2D eigenvalue weighted by Crippen LogP contribution is 2.23. The van der Waals surface area contributed by atoms with Crippen LogP contribution in [0.2, 0.25) is 0 Å². The summed E-state index contributed by atoms with van der Waals surface area (Å²) in [6.07, 6.45) is 0. The number of aryl methyl sites for hydroxylation is 1. The Morgan fingerprint density at radius 2 is 1.65 bits per heavy atom. The third-order valence-electron chi connectivity index (χ3n) is 3.60. The summed E-state index contributed by atoms with van der Waals surface area (Å²) >= 11 is 3.43. The molecule has 0 aliphatic carbocycles. The monoisotopic (exact) mass is 419 g/mol. The number of likely N-dealkylation sites (N-methyl/N-ethyl adjacent to an activating group) is 1. The molecule has 6 nitrogen and oxygen atoms in total. The van der Waals surface area contributed by atoms with Crippen LogP contribution in [-0.4, -0.2) is 44.0 Å². The molecular weight excluding hydrogens is 398 g/mol. The molecule has 26 heavy (non-hydrogen) atoms. The number of carbonyl (C=O) groups is 2. The number of ether oxygens (including phenoxy) is 1. The minimum absolute atomic E-state index is 0.106. The number of nitrogens with one attached hydrogen (secondary N) is 2. The summed E-state index contributed by atoms with van der Waals surface area (Å²) in [5.74, 6) is 0.343. The molecule has 0 aromatic heterocycles. The molecule has 2 aromatic carbocycles. The van der Waals surface area contributed by atoms with Gasteiger partial charge >= 0.3 is 0 Å². The van der Waals surface area contributed by atoms with Gasteiger partial charge in [-0.15, -0.1) is 0 Å². The average Bonchev–Trinajstić information content (AvgIpc) is 2.57. The van der Waals surface area contributed by atoms with Crippen molar-refractivity contribution in [2.45, 2.75) is 6.92 Å². The van der Waals surface area contributed by atoms with E-state index in [0.29, 0.717) is 11.4 Å². The maximum atomic E-state index is 12.2. The normalized spacial score (nSPS) is 10.5. The molecule has 2 aromatic rings. The second-order valence-corrected chi connectivity index (χ2v) is 6.83. The Kier molecular flexibility index (Phi) is 7.17. The van der Waals surface area contributed by atoms with E-state index in [2.05, 4.69) is 26.6 Å². The first-order chi connectivity index (χ1) is 12.4. The highest BCUT2D eigenvalue weighted by molar-refractivity contribution is 9.10. The fourth-order valence-electron chi connectivity index (χ4n) is 2.33. The predicted octanol–water partition coefficient (Wildman–Crippen LogP) is 3.28. The summed E-state index contributed by atoms with van der Waals surface area (Å²) in [5, 5.41) is 5.62. The van der Waals surface area contributed by atoms with Gasteiger partial charge in [0, 0.05) is 10.2 Å². The number of amides is 2. The van der Waals surface area contributed by atoms with Crippen LogP contribution in [0.3, 0.4) is 0 Å². The summed E-state index contributed by atoms with van der Waals surface area (Å²) in [6.45, 7) is 2.19. The zero-order valence-corrected chi connectivity index (χ0v) is 16.6. The maximum Gasteiger partial charge on any atom is 0.238 e. The smallest absolute Gasteiger partial charge is 0.238 e. The molecule has 0 heterocycles. The molecule has 0 atom stereocenters. The van der Waals surface area contributed by atoms with Gasteiger partial charge < -0.3 is 15.4 Å². The van der Waals surface area contributed by atoms with Crippen LogP contribution in [0, 0.1) is 6.92 Å². The van der Waals surface area contributed by atoms with Crippen LogP contribution in [0.25, 0.3) is 0 Å². The van der Waals surface area contributed by atoms with Gasteiger partial charge in [0.1, 0.15) is 5.75 Å². The van der Waals surface area contributed by atoms with Gasteiger partial charge in [-0.05, 0) is 71.9 Å². The quantitative estimate of drug-likeness (QED) is 0.722. The van der Waals surface area contributed by atoms with Gasteiger partial charge in [-0.3, -0.25) is 14.5 Å². The largest absolute Gasteiger partial charge is 0.497 e. The number of hydrogen-bond acceptors (Lipinski definition) is 4. The highest BCUT2D eigenvalue weighted by atomic mass is 79.9. The SMILES string of the molecule is COc1ccc(NC(=O)CN(C)CC(=O)Nc2ccc(C)cc2Br)cc1. The molecule has 138 valence electrons. The summed E-state index contributed by atoms with van der Waals surface area (Å²) in [5.41, 5.74) is 2.48. The van der Waals surface area contributed by atoms with Crippen molar-refractivity contribution in [2.75, 3.05) is 37.9 Å². The maximum absolute atomic E-state index is 12.2. The second-order valence-electron chi connectivity index (χ2n) is 5.98. The van der Waals surface area contributed by atoms with E-state index in [9.17, 15) is 9.59 Å². The fourth-order valence-corrected chi connectivity index (χ4v) is 2.92. The summed E-state index contributed by atoms with van der Waals surface area (Å²) in [4.78, 5) is 25.9. The standard InChI is InChI=1S/C19H22BrN3O3/c1-13-4-9-17(16(20)10-13)22-19(25)12-23(2)11-18(24)21-14-5-7-15(26-3)8-6-14/h4-10H,11-12H2,1-3H3,(H,21,24)(H,22,25). The number of hydrogen-bond donors (Lipinski definition) is 2. The van der Waals surface area contributed by atoms with E-state index >= 15 is 0 Å².